The van der Waals surface area contributed by atoms with Gasteiger partial charge in [0.25, 0.3) is 0 Å². The standard InChI is InChI=1S/C19H24N4O/c1-22(18(14-6-7-14)15-8-9-15)19(24)21-12-16-4-2-3-5-17(16)23-11-10-20-13-23/h2-5,10-11,13-15,18H,6-9,12H2,1H3,(H,21,24). The normalized spacial score (nSPS) is 17.1. The highest BCUT2D eigenvalue weighted by Gasteiger charge is 2.44. The fourth-order valence-corrected chi connectivity index (χ4v) is 3.64. The second-order valence-corrected chi connectivity index (χ2v) is 7.03. The SMILES string of the molecule is CN(C(=O)NCc1ccccc1-n1ccnc1)C(C1CC1)C1CC1. The molecule has 4 rings (SSSR count). The number of aromatic nitrogens is 2. The number of nitrogens with one attached hydrogen (secondary N) is 1. The molecule has 126 valence electrons. The summed E-state index contributed by atoms with van der Waals surface area (Å²) in [7, 11) is 1.96. The van der Waals surface area contributed by atoms with Gasteiger partial charge in [-0.2, -0.15) is 0 Å². The van der Waals surface area contributed by atoms with E-state index < -0.39 is 0 Å². The number of carbonyl (C=O) groups is 1. The maximum absolute atomic E-state index is 12.6. The fraction of sp³-hybridized carbons (Fsp3) is 0.474. The molecular formula is C19H24N4O. The first-order chi connectivity index (χ1) is 11.7. The highest BCUT2D eigenvalue weighted by Crippen LogP contribution is 2.46. The molecule has 2 aliphatic rings. The molecule has 1 aromatic heterocycles. The molecule has 0 aliphatic heterocycles. The van der Waals surface area contributed by atoms with Crippen LogP contribution in [0.15, 0.2) is 43.0 Å². The van der Waals surface area contributed by atoms with Crippen LogP contribution in [-0.2, 0) is 6.54 Å². The van der Waals surface area contributed by atoms with Crippen molar-refractivity contribution in [3.8, 4) is 5.69 Å². The molecular weight excluding hydrogens is 300 g/mol. The van der Waals surface area contributed by atoms with Crippen LogP contribution in [-0.4, -0.2) is 33.6 Å². The smallest absolute Gasteiger partial charge is 0.317 e. The molecule has 2 saturated carbocycles. The number of rotatable bonds is 6. The second kappa shape index (κ2) is 6.30. The van der Waals surface area contributed by atoms with Crippen molar-refractivity contribution in [3.05, 3.63) is 48.5 Å². The van der Waals surface area contributed by atoms with E-state index in [9.17, 15) is 4.79 Å². The third kappa shape index (κ3) is 3.16. The first kappa shape index (κ1) is 15.2. The molecule has 1 heterocycles. The molecule has 1 aromatic carbocycles. The Morgan fingerprint density at radius 2 is 2.00 bits per heavy atom. The predicted molar refractivity (Wildman–Crippen MR) is 92.8 cm³/mol. The van der Waals surface area contributed by atoms with Crippen LogP contribution in [0.1, 0.15) is 31.2 Å². The van der Waals surface area contributed by atoms with Gasteiger partial charge in [0.2, 0.25) is 0 Å². The largest absolute Gasteiger partial charge is 0.334 e. The van der Waals surface area contributed by atoms with Gasteiger partial charge in [0.1, 0.15) is 0 Å². The summed E-state index contributed by atoms with van der Waals surface area (Å²) >= 11 is 0. The van der Waals surface area contributed by atoms with E-state index in [1.165, 1.54) is 25.7 Å². The van der Waals surface area contributed by atoms with E-state index in [1.807, 2.05) is 40.9 Å². The molecule has 5 heteroatoms. The Labute approximate surface area is 142 Å². The maximum atomic E-state index is 12.6. The van der Waals surface area contributed by atoms with E-state index in [2.05, 4.69) is 16.4 Å². The summed E-state index contributed by atoms with van der Waals surface area (Å²) < 4.78 is 1.97. The molecule has 0 atom stereocenters. The van der Waals surface area contributed by atoms with Gasteiger partial charge in [-0.3, -0.25) is 0 Å². The molecule has 0 saturated heterocycles. The van der Waals surface area contributed by atoms with Gasteiger partial charge in [0.05, 0.1) is 12.0 Å². The molecule has 5 nitrogen and oxygen atoms in total. The van der Waals surface area contributed by atoms with Crippen molar-refractivity contribution in [1.29, 1.82) is 0 Å². The number of nitrogens with zero attached hydrogens (tertiary/aromatic N) is 3. The van der Waals surface area contributed by atoms with E-state index in [0.717, 1.165) is 23.1 Å². The summed E-state index contributed by atoms with van der Waals surface area (Å²) in [6.07, 6.45) is 10.6. The fourth-order valence-electron chi connectivity index (χ4n) is 3.64. The van der Waals surface area contributed by atoms with Crippen molar-refractivity contribution in [2.45, 2.75) is 38.3 Å². The molecule has 0 bridgehead atoms. The quantitative estimate of drug-likeness (QED) is 0.887. The van der Waals surface area contributed by atoms with Crippen LogP contribution in [0.25, 0.3) is 5.69 Å². The maximum Gasteiger partial charge on any atom is 0.317 e. The summed E-state index contributed by atoms with van der Waals surface area (Å²) in [6.45, 7) is 0.527. The Kier molecular flexibility index (Phi) is 4.00. The topological polar surface area (TPSA) is 50.2 Å². The lowest BCUT2D eigenvalue weighted by Crippen LogP contribution is -2.45. The number of hydrogen-bond acceptors (Lipinski definition) is 2. The molecule has 1 N–H and O–H groups in total. The molecule has 2 aromatic rings. The van der Waals surface area contributed by atoms with Gasteiger partial charge in [-0.15, -0.1) is 0 Å². The Morgan fingerprint density at radius 1 is 1.29 bits per heavy atom. The average Bonchev–Trinajstić information content (AvgIpc) is 3.54. The van der Waals surface area contributed by atoms with Crippen LogP contribution in [0.3, 0.4) is 0 Å². The second-order valence-electron chi connectivity index (χ2n) is 7.03. The van der Waals surface area contributed by atoms with Gasteiger partial charge < -0.3 is 14.8 Å². The van der Waals surface area contributed by atoms with Gasteiger partial charge in [0, 0.05) is 32.0 Å². The molecule has 2 aliphatic carbocycles. The Hall–Kier alpha value is -2.30. The summed E-state index contributed by atoms with van der Waals surface area (Å²) in [5, 5.41) is 3.10. The minimum absolute atomic E-state index is 0.0410. The number of para-hydroxylation sites is 1. The minimum Gasteiger partial charge on any atom is -0.334 e. The number of amides is 2. The van der Waals surface area contributed by atoms with Crippen LogP contribution in [0, 0.1) is 11.8 Å². The van der Waals surface area contributed by atoms with Crippen LogP contribution < -0.4 is 5.32 Å². The Bertz CT molecular complexity index is 692. The number of benzene rings is 1. The molecule has 2 fully saturated rings. The third-order valence-electron chi connectivity index (χ3n) is 5.18. The van der Waals surface area contributed by atoms with E-state index in [0.29, 0.717) is 12.6 Å². The monoisotopic (exact) mass is 324 g/mol. The van der Waals surface area contributed by atoms with Crippen LogP contribution in [0.4, 0.5) is 4.79 Å². The number of hydrogen-bond donors (Lipinski definition) is 1. The summed E-state index contributed by atoms with van der Waals surface area (Å²) in [5.41, 5.74) is 2.14. The van der Waals surface area contributed by atoms with Crippen LogP contribution in [0.5, 0.6) is 0 Å². The first-order valence-corrected chi connectivity index (χ1v) is 8.81. The third-order valence-corrected chi connectivity index (χ3v) is 5.18. The summed E-state index contributed by atoms with van der Waals surface area (Å²) in [4.78, 5) is 18.7. The van der Waals surface area contributed by atoms with E-state index in [1.54, 1.807) is 12.5 Å². The van der Waals surface area contributed by atoms with Gasteiger partial charge >= 0.3 is 6.03 Å². The average molecular weight is 324 g/mol. The van der Waals surface area contributed by atoms with E-state index in [4.69, 9.17) is 0 Å². The van der Waals surface area contributed by atoms with Crippen LogP contribution >= 0.6 is 0 Å². The van der Waals surface area contributed by atoms with Crippen molar-refractivity contribution in [1.82, 2.24) is 19.8 Å². The van der Waals surface area contributed by atoms with Crippen molar-refractivity contribution < 1.29 is 4.79 Å². The zero-order valence-corrected chi connectivity index (χ0v) is 14.1. The lowest BCUT2D eigenvalue weighted by atomic mass is 10.1. The van der Waals surface area contributed by atoms with Crippen LogP contribution in [0.2, 0.25) is 0 Å². The van der Waals surface area contributed by atoms with Crippen molar-refractivity contribution in [3.63, 3.8) is 0 Å². The molecule has 0 radical (unpaired) electrons. The van der Waals surface area contributed by atoms with Crippen molar-refractivity contribution >= 4 is 6.03 Å². The highest BCUT2D eigenvalue weighted by molar-refractivity contribution is 5.74. The summed E-state index contributed by atoms with van der Waals surface area (Å²) in [6, 6.07) is 8.58. The predicted octanol–water partition coefficient (Wildman–Crippen LogP) is 3.20. The molecule has 24 heavy (non-hydrogen) atoms. The Balaban J connectivity index is 1.42. The lowest BCUT2D eigenvalue weighted by molar-refractivity contribution is 0.173. The first-order valence-electron chi connectivity index (χ1n) is 8.81. The van der Waals surface area contributed by atoms with Gasteiger partial charge in [-0.1, -0.05) is 18.2 Å². The molecule has 0 spiro atoms. The highest BCUT2D eigenvalue weighted by atomic mass is 16.2. The Morgan fingerprint density at radius 3 is 2.62 bits per heavy atom. The number of carbonyl (C=O) groups excluding carboxylic acids is 1. The zero-order valence-electron chi connectivity index (χ0n) is 14.1. The minimum atomic E-state index is 0.0410. The van der Waals surface area contributed by atoms with E-state index >= 15 is 0 Å². The van der Waals surface area contributed by atoms with Crippen molar-refractivity contribution in [2.75, 3.05) is 7.05 Å². The zero-order chi connectivity index (χ0) is 16.5. The molecule has 2 amide bonds. The van der Waals surface area contributed by atoms with E-state index in [-0.39, 0.29) is 6.03 Å². The van der Waals surface area contributed by atoms with Crippen molar-refractivity contribution in [2.24, 2.45) is 11.8 Å². The van der Waals surface area contributed by atoms with Gasteiger partial charge in [-0.25, -0.2) is 9.78 Å². The number of imidazole rings is 1. The lowest BCUT2D eigenvalue weighted by Gasteiger charge is -2.28. The van der Waals surface area contributed by atoms with Gasteiger partial charge in [-0.05, 0) is 49.1 Å². The number of urea groups is 1. The summed E-state index contributed by atoms with van der Waals surface area (Å²) in [5.74, 6) is 1.46. The van der Waals surface area contributed by atoms with Gasteiger partial charge in [0.15, 0.2) is 0 Å². The molecule has 0 unspecified atom stereocenters.